The number of rotatable bonds is 15. The molecule has 0 aromatic rings. The van der Waals surface area contributed by atoms with Crippen molar-refractivity contribution in [1.29, 1.82) is 0 Å². The summed E-state index contributed by atoms with van der Waals surface area (Å²) in [5, 5.41) is 8.54. The topological polar surface area (TPSA) is 71.4 Å². The minimum absolute atomic E-state index is 0.197. The summed E-state index contributed by atoms with van der Waals surface area (Å²) in [6.45, 7) is 2.20. The van der Waals surface area contributed by atoms with Crippen molar-refractivity contribution in [2.24, 2.45) is 0 Å². The molecule has 0 aliphatic carbocycles. The van der Waals surface area contributed by atoms with Gasteiger partial charge in [-0.1, -0.05) is 57.9 Å². The molecule has 1 N–H and O–H groups in total. The lowest BCUT2D eigenvalue weighted by molar-refractivity contribution is -0.137. The smallest absolute Gasteiger partial charge is 0.303 e. The second kappa shape index (κ2) is 15.8. The van der Waals surface area contributed by atoms with Crippen LogP contribution in [0.15, 0.2) is 12.2 Å². The second-order valence-electron chi connectivity index (χ2n) is 5.97. The molecule has 0 aliphatic heterocycles. The van der Waals surface area contributed by atoms with Gasteiger partial charge in [-0.25, -0.2) is 0 Å². The molecule has 0 saturated carbocycles. The van der Waals surface area contributed by atoms with Crippen LogP contribution in [0.1, 0.15) is 90.4 Å². The highest BCUT2D eigenvalue weighted by atomic mass is 32.2. The van der Waals surface area contributed by atoms with Gasteiger partial charge in [0.2, 0.25) is 10.3 Å². The maximum absolute atomic E-state index is 11.2. The van der Waals surface area contributed by atoms with E-state index in [0.29, 0.717) is 17.7 Å². The standard InChI is InChI=1S/C18H32O4S/c1-2-3-4-5-6-7-8-11-14-17(23(21)22)15-12-9-10-13-16-18(19)20/h11,14H,2-10,12-13,15-16H2,1H3,(H,19,20). The van der Waals surface area contributed by atoms with E-state index < -0.39 is 16.3 Å². The van der Waals surface area contributed by atoms with Crippen molar-refractivity contribution < 1.29 is 18.3 Å². The van der Waals surface area contributed by atoms with Gasteiger partial charge in [0.15, 0.2) is 0 Å². The molecule has 0 unspecified atom stereocenters. The molecular formula is C18H32O4S. The van der Waals surface area contributed by atoms with Crippen molar-refractivity contribution in [3.8, 4) is 0 Å². The predicted octanol–water partition coefficient (Wildman–Crippen LogP) is 4.77. The number of unbranched alkanes of at least 4 members (excludes halogenated alkanes) is 9. The summed E-state index contributed by atoms with van der Waals surface area (Å²) < 4.78 is 22.4. The van der Waals surface area contributed by atoms with Gasteiger partial charge in [-0.15, -0.1) is 0 Å². The zero-order valence-corrected chi connectivity index (χ0v) is 15.2. The molecule has 0 atom stereocenters. The fraction of sp³-hybridized carbons (Fsp3) is 0.778. The summed E-state index contributed by atoms with van der Waals surface area (Å²) in [7, 11) is -2.14. The van der Waals surface area contributed by atoms with Gasteiger partial charge in [0, 0.05) is 6.42 Å². The summed E-state index contributed by atoms with van der Waals surface area (Å²) in [4.78, 5) is 10.8. The Balaban J connectivity index is 3.81. The van der Waals surface area contributed by atoms with Crippen LogP contribution in [0.4, 0.5) is 0 Å². The molecule has 4 nitrogen and oxygen atoms in total. The summed E-state index contributed by atoms with van der Waals surface area (Å²) in [5.41, 5.74) is 0. The minimum atomic E-state index is -2.14. The summed E-state index contributed by atoms with van der Waals surface area (Å²) in [6.07, 6.45) is 16.0. The van der Waals surface area contributed by atoms with Crippen LogP contribution in [0, 0.1) is 0 Å². The maximum Gasteiger partial charge on any atom is 0.303 e. The molecule has 0 spiro atoms. The van der Waals surface area contributed by atoms with Crippen molar-refractivity contribution in [3.63, 3.8) is 0 Å². The van der Waals surface area contributed by atoms with E-state index in [9.17, 15) is 13.2 Å². The van der Waals surface area contributed by atoms with E-state index in [2.05, 4.69) is 6.92 Å². The number of aliphatic carboxylic acids is 1. The quantitative estimate of drug-likeness (QED) is 0.264. The van der Waals surface area contributed by atoms with Gasteiger partial charge in [-0.3, -0.25) is 4.79 Å². The molecule has 134 valence electrons. The van der Waals surface area contributed by atoms with Gasteiger partial charge in [0.25, 0.3) is 0 Å². The highest BCUT2D eigenvalue weighted by Crippen LogP contribution is 2.09. The number of carboxylic acids is 1. The molecule has 5 heteroatoms. The molecule has 0 radical (unpaired) electrons. The van der Waals surface area contributed by atoms with Gasteiger partial charge < -0.3 is 5.11 Å². The van der Waals surface area contributed by atoms with E-state index in [1.165, 1.54) is 32.1 Å². The molecule has 0 saturated heterocycles. The normalized spacial score (nSPS) is 11.0. The Hall–Kier alpha value is -1.10. The lowest BCUT2D eigenvalue weighted by atomic mass is 10.1. The fourth-order valence-corrected chi connectivity index (χ4v) is 2.93. The van der Waals surface area contributed by atoms with Crippen molar-refractivity contribution in [1.82, 2.24) is 0 Å². The SMILES string of the molecule is CCCCCCCCC=CC(CCCCCCC(=O)O)=S(=O)=O. The Morgan fingerprint density at radius 2 is 1.43 bits per heavy atom. The van der Waals surface area contributed by atoms with Crippen molar-refractivity contribution in [2.75, 3.05) is 0 Å². The zero-order valence-electron chi connectivity index (χ0n) is 14.4. The van der Waals surface area contributed by atoms with Crippen LogP contribution in [0.5, 0.6) is 0 Å². The van der Waals surface area contributed by atoms with Crippen LogP contribution in [-0.2, 0) is 15.1 Å². The third kappa shape index (κ3) is 15.6. The van der Waals surface area contributed by atoms with Crippen LogP contribution in [0.3, 0.4) is 0 Å². The predicted molar refractivity (Wildman–Crippen MR) is 96.4 cm³/mol. The summed E-state index contributed by atoms with van der Waals surface area (Å²) in [6, 6.07) is 0. The molecule has 0 aliphatic rings. The Labute approximate surface area is 142 Å². The first-order valence-electron chi connectivity index (χ1n) is 8.91. The van der Waals surface area contributed by atoms with Crippen LogP contribution in [0.2, 0.25) is 0 Å². The first-order valence-corrected chi connectivity index (χ1v) is 9.98. The number of carboxylic acid groups (broad SMARTS) is 1. The maximum atomic E-state index is 11.2. The van der Waals surface area contributed by atoms with Crippen molar-refractivity contribution >= 4 is 21.1 Å². The third-order valence-electron chi connectivity index (χ3n) is 3.81. The molecule has 0 bridgehead atoms. The van der Waals surface area contributed by atoms with Crippen LogP contribution in [-0.4, -0.2) is 24.4 Å². The van der Waals surface area contributed by atoms with Crippen molar-refractivity contribution in [2.45, 2.75) is 90.4 Å². The molecule has 23 heavy (non-hydrogen) atoms. The summed E-state index contributed by atoms with van der Waals surface area (Å²) in [5.74, 6) is -0.768. The first-order chi connectivity index (χ1) is 11.1. The average molecular weight is 345 g/mol. The highest BCUT2D eigenvalue weighted by Gasteiger charge is 2.00. The monoisotopic (exact) mass is 344 g/mol. The molecule has 0 aromatic carbocycles. The minimum Gasteiger partial charge on any atom is -0.481 e. The van der Waals surface area contributed by atoms with E-state index in [4.69, 9.17) is 5.11 Å². The van der Waals surface area contributed by atoms with Gasteiger partial charge >= 0.3 is 5.97 Å². The van der Waals surface area contributed by atoms with E-state index in [-0.39, 0.29) is 6.42 Å². The molecule has 0 aromatic heterocycles. The van der Waals surface area contributed by atoms with Gasteiger partial charge in [0.1, 0.15) is 0 Å². The number of allylic oxidation sites excluding steroid dienone is 2. The van der Waals surface area contributed by atoms with Crippen LogP contribution < -0.4 is 0 Å². The van der Waals surface area contributed by atoms with Crippen LogP contribution >= 0.6 is 0 Å². The lowest BCUT2D eigenvalue weighted by Crippen LogP contribution is -1.97. The molecular weight excluding hydrogens is 312 g/mol. The lowest BCUT2D eigenvalue weighted by Gasteiger charge is -2.00. The molecule has 0 rings (SSSR count). The second-order valence-corrected chi connectivity index (χ2v) is 6.96. The van der Waals surface area contributed by atoms with Gasteiger partial charge in [0.05, 0.1) is 4.86 Å². The highest BCUT2D eigenvalue weighted by molar-refractivity contribution is 7.73. The molecule has 0 heterocycles. The number of hydrogen-bond acceptors (Lipinski definition) is 3. The number of carbonyl (C=O) groups is 1. The Morgan fingerprint density at radius 1 is 0.870 bits per heavy atom. The van der Waals surface area contributed by atoms with Crippen molar-refractivity contribution in [3.05, 3.63) is 12.2 Å². The molecule has 0 fully saturated rings. The van der Waals surface area contributed by atoms with E-state index >= 15 is 0 Å². The largest absolute Gasteiger partial charge is 0.481 e. The van der Waals surface area contributed by atoms with E-state index in [1.807, 2.05) is 6.08 Å². The average Bonchev–Trinajstić information content (AvgIpc) is 2.50. The van der Waals surface area contributed by atoms with E-state index in [0.717, 1.165) is 32.1 Å². The Morgan fingerprint density at radius 3 is 2.04 bits per heavy atom. The molecule has 0 amide bonds. The number of hydrogen-bond donors (Lipinski definition) is 1. The zero-order chi connectivity index (χ0) is 17.3. The Bertz CT molecular complexity index is 455. The van der Waals surface area contributed by atoms with Crippen LogP contribution in [0.25, 0.3) is 0 Å². The third-order valence-corrected chi connectivity index (χ3v) is 4.57. The van der Waals surface area contributed by atoms with Gasteiger partial charge in [-0.2, -0.15) is 8.42 Å². The van der Waals surface area contributed by atoms with Gasteiger partial charge in [-0.05, 0) is 38.2 Å². The summed E-state index contributed by atoms with van der Waals surface area (Å²) >= 11 is 0. The van der Waals surface area contributed by atoms with E-state index in [1.54, 1.807) is 6.08 Å². The fourth-order valence-electron chi connectivity index (χ4n) is 2.41. The Kier molecular flexibility index (Phi) is 15.0. The first kappa shape index (κ1) is 21.9.